The van der Waals surface area contributed by atoms with E-state index in [1.807, 2.05) is 0 Å². The highest BCUT2D eigenvalue weighted by Crippen LogP contribution is 2.32. The first-order valence-corrected chi connectivity index (χ1v) is 8.83. The number of hydrogen-bond acceptors (Lipinski definition) is 4. The molecule has 0 aliphatic heterocycles. The molecule has 0 aromatic heterocycles. The van der Waals surface area contributed by atoms with Crippen molar-refractivity contribution in [1.29, 1.82) is 0 Å². The van der Waals surface area contributed by atoms with E-state index in [-0.39, 0.29) is 23.1 Å². The summed E-state index contributed by atoms with van der Waals surface area (Å²) in [5, 5.41) is 11.4. The Hall–Kier alpha value is -2.96. The van der Waals surface area contributed by atoms with Crippen molar-refractivity contribution in [3.63, 3.8) is 0 Å². The number of nitro benzene ring substituents is 1. The van der Waals surface area contributed by atoms with E-state index in [1.165, 1.54) is 48.7 Å². The number of ether oxygens (including phenoxy) is 1. The maximum Gasteiger partial charge on any atom is 0.269 e. The fourth-order valence-electron chi connectivity index (χ4n) is 2.42. The van der Waals surface area contributed by atoms with Crippen molar-refractivity contribution in [2.24, 2.45) is 4.99 Å². The topological polar surface area (TPSA) is 64.7 Å². The number of non-ortho nitro benzene ring substituents is 1. The number of aliphatic imine (C=N–C) groups is 1. The Kier molecular flexibility index (Phi) is 6.23. The van der Waals surface area contributed by atoms with E-state index >= 15 is 0 Å². The van der Waals surface area contributed by atoms with Crippen molar-refractivity contribution >= 4 is 40.8 Å². The maximum atomic E-state index is 13.3. The third-order valence-electron chi connectivity index (χ3n) is 3.72. The number of nitrogens with zero attached hydrogens (tertiary/aromatic N) is 2. The molecule has 0 fully saturated rings. The minimum atomic E-state index is -0.484. The van der Waals surface area contributed by atoms with Crippen LogP contribution in [-0.2, 0) is 6.61 Å². The molecule has 0 atom stereocenters. The Morgan fingerprint density at radius 1 is 1.11 bits per heavy atom. The molecular weight excluding hydrogens is 406 g/mol. The zero-order valence-corrected chi connectivity index (χ0v) is 15.8. The molecule has 0 N–H and O–H groups in total. The molecule has 0 heterocycles. The van der Waals surface area contributed by atoms with Gasteiger partial charge in [-0.05, 0) is 42.0 Å². The molecule has 3 aromatic rings. The normalized spacial score (nSPS) is 11.0. The molecule has 142 valence electrons. The summed E-state index contributed by atoms with van der Waals surface area (Å²) >= 11 is 12.3. The highest BCUT2D eigenvalue weighted by Gasteiger charge is 2.11. The summed E-state index contributed by atoms with van der Waals surface area (Å²) in [6.45, 7) is 0.109. The highest BCUT2D eigenvalue weighted by atomic mass is 35.5. The molecule has 0 unspecified atom stereocenters. The quantitative estimate of drug-likeness (QED) is 0.265. The van der Waals surface area contributed by atoms with Crippen LogP contribution in [0.4, 0.5) is 15.8 Å². The van der Waals surface area contributed by atoms with Gasteiger partial charge in [0.05, 0.1) is 15.6 Å². The summed E-state index contributed by atoms with van der Waals surface area (Å²) in [5.41, 5.74) is 1.65. The number of hydrogen-bond donors (Lipinski definition) is 0. The molecule has 8 heteroatoms. The van der Waals surface area contributed by atoms with Gasteiger partial charge in [-0.2, -0.15) is 0 Å². The van der Waals surface area contributed by atoms with E-state index in [0.29, 0.717) is 27.6 Å². The first-order valence-electron chi connectivity index (χ1n) is 8.07. The molecular formula is C20H13Cl2FN2O3. The van der Waals surface area contributed by atoms with Crippen LogP contribution >= 0.6 is 23.2 Å². The van der Waals surface area contributed by atoms with Crippen LogP contribution in [0.3, 0.4) is 0 Å². The summed E-state index contributed by atoms with van der Waals surface area (Å²) in [6, 6.07) is 15.0. The molecule has 5 nitrogen and oxygen atoms in total. The second-order valence-electron chi connectivity index (χ2n) is 5.76. The van der Waals surface area contributed by atoms with Crippen molar-refractivity contribution in [2.75, 3.05) is 0 Å². The van der Waals surface area contributed by atoms with Crippen molar-refractivity contribution in [3.8, 4) is 5.75 Å². The zero-order valence-electron chi connectivity index (χ0n) is 14.3. The molecule has 3 rings (SSSR count). The summed E-state index contributed by atoms with van der Waals surface area (Å²) in [7, 11) is 0. The lowest BCUT2D eigenvalue weighted by Crippen LogP contribution is -2.00. The average Bonchev–Trinajstić information content (AvgIpc) is 2.65. The zero-order chi connectivity index (χ0) is 20.1. The summed E-state index contributed by atoms with van der Waals surface area (Å²) in [4.78, 5) is 14.5. The maximum absolute atomic E-state index is 13.3. The van der Waals surface area contributed by atoms with Gasteiger partial charge in [0.25, 0.3) is 5.69 Å². The van der Waals surface area contributed by atoms with E-state index in [1.54, 1.807) is 18.2 Å². The second kappa shape index (κ2) is 8.82. The van der Waals surface area contributed by atoms with Crippen LogP contribution in [0.15, 0.2) is 65.7 Å². The van der Waals surface area contributed by atoms with E-state index < -0.39 is 4.92 Å². The monoisotopic (exact) mass is 418 g/mol. The van der Waals surface area contributed by atoms with Gasteiger partial charge >= 0.3 is 0 Å². The van der Waals surface area contributed by atoms with Gasteiger partial charge < -0.3 is 4.74 Å². The molecule has 28 heavy (non-hydrogen) atoms. The number of benzene rings is 3. The van der Waals surface area contributed by atoms with Gasteiger partial charge in [0.1, 0.15) is 18.2 Å². The fraction of sp³-hybridized carbons (Fsp3) is 0.0500. The molecule has 3 aromatic carbocycles. The first-order chi connectivity index (χ1) is 13.4. The molecule has 0 bridgehead atoms. The average molecular weight is 419 g/mol. The minimum Gasteiger partial charge on any atom is -0.487 e. The Morgan fingerprint density at radius 2 is 1.86 bits per heavy atom. The third-order valence-corrected chi connectivity index (χ3v) is 4.22. The SMILES string of the molecule is O=[N+]([O-])c1ccc(N=Cc2cc(Cl)cc(Cl)c2OCc2cccc(F)c2)cc1. The van der Waals surface area contributed by atoms with E-state index in [2.05, 4.69) is 4.99 Å². The Bertz CT molecular complexity index is 1040. The van der Waals surface area contributed by atoms with Gasteiger partial charge in [-0.15, -0.1) is 0 Å². The van der Waals surface area contributed by atoms with Gasteiger partial charge in [0, 0.05) is 28.9 Å². The van der Waals surface area contributed by atoms with Crippen LogP contribution in [0.25, 0.3) is 0 Å². The molecule has 0 spiro atoms. The number of halogens is 3. The number of rotatable bonds is 6. The van der Waals surface area contributed by atoms with Crippen molar-refractivity contribution < 1.29 is 14.1 Å². The smallest absolute Gasteiger partial charge is 0.269 e. The predicted molar refractivity (Wildman–Crippen MR) is 108 cm³/mol. The molecule has 0 saturated carbocycles. The lowest BCUT2D eigenvalue weighted by atomic mass is 10.2. The summed E-state index contributed by atoms with van der Waals surface area (Å²) in [6.07, 6.45) is 1.50. The molecule has 0 aliphatic carbocycles. The van der Waals surface area contributed by atoms with Crippen LogP contribution in [0.1, 0.15) is 11.1 Å². The van der Waals surface area contributed by atoms with Gasteiger partial charge in [-0.3, -0.25) is 15.1 Å². The first kappa shape index (κ1) is 19.8. The molecule has 0 aliphatic rings. The van der Waals surface area contributed by atoms with Crippen molar-refractivity contribution in [1.82, 2.24) is 0 Å². The second-order valence-corrected chi connectivity index (χ2v) is 6.60. The van der Waals surface area contributed by atoms with Gasteiger partial charge in [-0.25, -0.2) is 4.39 Å². The predicted octanol–water partition coefficient (Wildman–Crippen LogP) is 6.37. The van der Waals surface area contributed by atoms with Crippen molar-refractivity contribution in [2.45, 2.75) is 6.61 Å². The lowest BCUT2D eigenvalue weighted by molar-refractivity contribution is -0.384. The largest absolute Gasteiger partial charge is 0.487 e. The van der Waals surface area contributed by atoms with Crippen molar-refractivity contribution in [3.05, 3.63) is 97.8 Å². The Balaban J connectivity index is 1.84. The highest BCUT2D eigenvalue weighted by molar-refractivity contribution is 6.36. The van der Waals surface area contributed by atoms with Crippen LogP contribution in [0.5, 0.6) is 5.75 Å². The van der Waals surface area contributed by atoms with Crippen LogP contribution in [-0.4, -0.2) is 11.1 Å². The summed E-state index contributed by atoms with van der Waals surface area (Å²) < 4.78 is 19.1. The molecule has 0 amide bonds. The van der Waals surface area contributed by atoms with Crippen LogP contribution < -0.4 is 4.74 Å². The van der Waals surface area contributed by atoms with Crippen LogP contribution in [0, 0.1) is 15.9 Å². The van der Waals surface area contributed by atoms with Gasteiger partial charge in [0.2, 0.25) is 0 Å². The lowest BCUT2D eigenvalue weighted by Gasteiger charge is -2.12. The standard InChI is InChI=1S/C20H13Cl2FN2O3/c21-15-9-14(11-24-17-4-6-18(7-5-17)25(26)27)20(19(22)10-15)28-12-13-2-1-3-16(23)8-13/h1-11H,12H2. The minimum absolute atomic E-state index is 0.0242. The fourth-order valence-corrected chi connectivity index (χ4v) is 2.98. The third kappa shape index (κ3) is 5.06. The van der Waals surface area contributed by atoms with Crippen LogP contribution in [0.2, 0.25) is 10.0 Å². The van der Waals surface area contributed by atoms with Gasteiger partial charge in [-0.1, -0.05) is 35.3 Å². The Morgan fingerprint density at radius 3 is 2.54 bits per heavy atom. The molecule has 0 saturated heterocycles. The number of nitro groups is 1. The molecule has 0 radical (unpaired) electrons. The summed E-state index contributed by atoms with van der Waals surface area (Å²) in [5.74, 6) is -0.00995. The Labute approximate surface area is 170 Å². The van der Waals surface area contributed by atoms with Gasteiger partial charge in [0.15, 0.2) is 0 Å². The van der Waals surface area contributed by atoms with E-state index in [0.717, 1.165) is 0 Å². The van der Waals surface area contributed by atoms with E-state index in [4.69, 9.17) is 27.9 Å². The van der Waals surface area contributed by atoms with E-state index in [9.17, 15) is 14.5 Å².